The SMILES string of the molecule is ClCC1(COCC2CC2)CCOC1. The minimum absolute atomic E-state index is 0.121. The lowest BCUT2D eigenvalue weighted by Crippen LogP contribution is -2.29. The molecule has 2 fully saturated rings. The van der Waals surface area contributed by atoms with Gasteiger partial charge in [-0.05, 0) is 25.2 Å². The molecule has 3 heteroatoms. The molecular weight excluding hydrogens is 188 g/mol. The predicted molar refractivity (Wildman–Crippen MR) is 52.1 cm³/mol. The van der Waals surface area contributed by atoms with E-state index in [1.54, 1.807) is 0 Å². The Labute approximate surface area is 84.5 Å². The summed E-state index contributed by atoms with van der Waals surface area (Å²) in [6.07, 6.45) is 3.76. The van der Waals surface area contributed by atoms with E-state index in [-0.39, 0.29) is 5.41 Å². The molecule has 2 rings (SSSR count). The van der Waals surface area contributed by atoms with Crippen LogP contribution in [0.15, 0.2) is 0 Å². The van der Waals surface area contributed by atoms with Crippen LogP contribution >= 0.6 is 11.6 Å². The van der Waals surface area contributed by atoms with Gasteiger partial charge in [0.2, 0.25) is 0 Å². The number of rotatable bonds is 5. The van der Waals surface area contributed by atoms with Gasteiger partial charge in [0.1, 0.15) is 0 Å². The molecule has 1 saturated heterocycles. The standard InChI is InChI=1S/C10H17ClO2/c11-6-10(3-4-12-7-10)8-13-5-9-1-2-9/h9H,1-8H2. The van der Waals surface area contributed by atoms with Gasteiger partial charge in [-0.3, -0.25) is 0 Å². The molecule has 2 aliphatic rings. The smallest absolute Gasteiger partial charge is 0.0557 e. The third-order valence-corrected chi connectivity index (χ3v) is 3.49. The average Bonchev–Trinajstić information content (AvgIpc) is 2.84. The summed E-state index contributed by atoms with van der Waals surface area (Å²) in [7, 11) is 0. The zero-order valence-corrected chi connectivity index (χ0v) is 8.68. The van der Waals surface area contributed by atoms with E-state index in [9.17, 15) is 0 Å². The first-order valence-corrected chi connectivity index (χ1v) is 5.60. The van der Waals surface area contributed by atoms with E-state index in [4.69, 9.17) is 21.1 Å². The first kappa shape index (κ1) is 9.75. The molecule has 1 aliphatic heterocycles. The molecule has 1 unspecified atom stereocenters. The Morgan fingerprint density at radius 3 is 2.85 bits per heavy atom. The van der Waals surface area contributed by atoms with Gasteiger partial charge in [-0.2, -0.15) is 0 Å². The van der Waals surface area contributed by atoms with Crippen molar-refractivity contribution in [2.45, 2.75) is 19.3 Å². The van der Waals surface area contributed by atoms with Crippen LogP contribution in [-0.2, 0) is 9.47 Å². The monoisotopic (exact) mass is 204 g/mol. The first-order valence-electron chi connectivity index (χ1n) is 5.06. The van der Waals surface area contributed by atoms with Gasteiger partial charge < -0.3 is 9.47 Å². The normalized spacial score (nSPS) is 33.9. The van der Waals surface area contributed by atoms with Crippen molar-refractivity contribution >= 4 is 11.6 Å². The van der Waals surface area contributed by atoms with Gasteiger partial charge >= 0.3 is 0 Å². The number of hydrogen-bond donors (Lipinski definition) is 0. The zero-order valence-electron chi connectivity index (χ0n) is 7.93. The highest BCUT2D eigenvalue weighted by molar-refractivity contribution is 6.18. The molecule has 2 nitrogen and oxygen atoms in total. The number of ether oxygens (including phenoxy) is 2. The second-order valence-corrected chi connectivity index (χ2v) is 4.66. The Kier molecular flexibility index (Phi) is 3.12. The van der Waals surface area contributed by atoms with Crippen molar-refractivity contribution in [2.24, 2.45) is 11.3 Å². The average molecular weight is 205 g/mol. The van der Waals surface area contributed by atoms with E-state index in [0.717, 1.165) is 38.8 Å². The van der Waals surface area contributed by atoms with Crippen LogP contribution in [0.5, 0.6) is 0 Å². The van der Waals surface area contributed by atoms with E-state index in [0.29, 0.717) is 5.88 Å². The van der Waals surface area contributed by atoms with Crippen LogP contribution in [0.2, 0.25) is 0 Å². The number of halogens is 1. The summed E-state index contributed by atoms with van der Waals surface area (Å²) in [4.78, 5) is 0. The van der Waals surface area contributed by atoms with Crippen molar-refractivity contribution in [1.29, 1.82) is 0 Å². The Morgan fingerprint density at radius 1 is 1.46 bits per heavy atom. The lowest BCUT2D eigenvalue weighted by atomic mass is 9.91. The van der Waals surface area contributed by atoms with Crippen LogP contribution in [0, 0.1) is 11.3 Å². The van der Waals surface area contributed by atoms with Crippen molar-refractivity contribution in [2.75, 3.05) is 32.3 Å². The summed E-state index contributed by atoms with van der Waals surface area (Å²) in [5.74, 6) is 1.51. The molecule has 1 heterocycles. The second-order valence-electron chi connectivity index (χ2n) is 4.39. The molecule has 13 heavy (non-hydrogen) atoms. The number of alkyl halides is 1. The Hall–Kier alpha value is 0.210. The van der Waals surface area contributed by atoms with E-state index in [1.807, 2.05) is 0 Å². The van der Waals surface area contributed by atoms with Crippen LogP contribution in [-0.4, -0.2) is 32.3 Å². The van der Waals surface area contributed by atoms with Gasteiger partial charge in [0.25, 0.3) is 0 Å². The van der Waals surface area contributed by atoms with E-state index in [1.165, 1.54) is 12.8 Å². The Balaban J connectivity index is 1.69. The molecule has 0 aromatic heterocycles. The maximum absolute atomic E-state index is 5.94. The van der Waals surface area contributed by atoms with Gasteiger partial charge in [0.05, 0.1) is 13.2 Å². The lowest BCUT2D eigenvalue weighted by Gasteiger charge is -2.23. The maximum Gasteiger partial charge on any atom is 0.0557 e. The third-order valence-electron chi connectivity index (χ3n) is 2.93. The molecule has 0 amide bonds. The molecule has 1 saturated carbocycles. The topological polar surface area (TPSA) is 18.5 Å². The van der Waals surface area contributed by atoms with E-state index in [2.05, 4.69) is 0 Å². The maximum atomic E-state index is 5.94. The van der Waals surface area contributed by atoms with Gasteiger partial charge in [-0.15, -0.1) is 11.6 Å². The fourth-order valence-corrected chi connectivity index (χ4v) is 1.92. The van der Waals surface area contributed by atoms with Crippen molar-refractivity contribution < 1.29 is 9.47 Å². The van der Waals surface area contributed by atoms with Gasteiger partial charge in [0, 0.05) is 24.5 Å². The van der Waals surface area contributed by atoms with E-state index >= 15 is 0 Å². The van der Waals surface area contributed by atoms with Crippen LogP contribution in [0.25, 0.3) is 0 Å². The van der Waals surface area contributed by atoms with Crippen LogP contribution in [0.1, 0.15) is 19.3 Å². The molecule has 1 aliphatic carbocycles. The quantitative estimate of drug-likeness (QED) is 0.639. The number of hydrogen-bond acceptors (Lipinski definition) is 2. The second kappa shape index (κ2) is 4.16. The van der Waals surface area contributed by atoms with E-state index < -0.39 is 0 Å². The summed E-state index contributed by atoms with van der Waals surface area (Å²) in [6.45, 7) is 3.34. The third kappa shape index (κ3) is 2.58. The summed E-state index contributed by atoms with van der Waals surface area (Å²) in [5, 5.41) is 0. The molecule has 0 spiro atoms. The molecule has 0 radical (unpaired) electrons. The molecule has 76 valence electrons. The van der Waals surface area contributed by atoms with Gasteiger partial charge in [-0.1, -0.05) is 0 Å². The Morgan fingerprint density at radius 2 is 2.31 bits per heavy atom. The molecule has 0 aromatic carbocycles. The van der Waals surface area contributed by atoms with Crippen molar-refractivity contribution in [3.63, 3.8) is 0 Å². The molecule has 0 N–H and O–H groups in total. The minimum atomic E-state index is 0.121. The van der Waals surface area contributed by atoms with Crippen molar-refractivity contribution in [1.82, 2.24) is 0 Å². The van der Waals surface area contributed by atoms with Crippen molar-refractivity contribution in [3.05, 3.63) is 0 Å². The predicted octanol–water partition coefficient (Wildman–Crippen LogP) is 2.06. The van der Waals surface area contributed by atoms with Crippen LogP contribution in [0.4, 0.5) is 0 Å². The Bertz CT molecular complexity index is 162. The summed E-state index contributed by atoms with van der Waals surface area (Å²) in [5.41, 5.74) is 0.121. The highest BCUT2D eigenvalue weighted by Crippen LogP contribution is 2.33. The van der Waals surface area contributed by atoms with Crippen LogP contribution < -0.4 is 0 Å². The largest absolute Gasteiger partial charge is 0.381 e. The molecular formula is C10H17ClO2. The summed E-state index contributed by atoms with van der Waals surface area (Å²) < 4.78 is 11.0. The lowest BCUT2D eigenvalue weighted by molar-refractivity contribution is 0.0404. The van der Waals surface area contributed by atoms with Gasteiger partial charge in [-0.25, -0.2) is 0 Å². The summed E-state index contributed by atoms with van der Waals surface area (Å²) >= 11 is 5.94. The zero-order chi connectivity index (χ0) is 9.15. The van der Waals surface area contributed by atoms with Crippen LogP contribution in [0.3, 0.4) is 0 Å². The van der Waals surface area contributed by atoms with Crippen molar-refractivity contribution in [3.8, 4) is 0 Å². The molecule has 1 atom stereocenters. The molecule has 0 aromatic rings. The van der Waals surface area contributed by atoms with Gasteiger partial charge in [0.15, 0.2) is 0 Å². The highest BCUT2D eigenvalue weighted by atomic mass is 35.5. The highest BCUT2D eigenvalue weighted by Gasteiger charge is 2.35. The fraction of sp³-hybridized carbons (Fsp3) is 1.00. The summed E-state index contributed by atoms with van der Waals surface area (Å²) in [6, 6.07) is 0. The molecule has 0 bridgehead atoms. The first-order chi connectivity index (χ1) is 6.35. The fourth-order valence-electron chi connectivity index (χ4n) is 1.63. The minimum Gasteiger partial charge on any atom is -0.381 e.